The molecule has 1 spiro atoms. The third kappa shape index (κ3) is 2.29. The van der Waals surface area contributed by atoms with E-state index in [-0.39, 0.29) is 0 Å². The summed E-state index contributed by atoms with van der Waals surface area (Å²) in [6, 6.07) is 0. The second kappa shape index (κ2) is 4.64. The minimum atomic E-state index is -0.925. The molecule has 3 atom stereocenters. The lowest BCUT2D eigenvalue weighted by Crippen LogP contribution is -2.34. The Kier molecular flexibility index (Phi) is 3.38. The van der Waals surface area contributed by atoms with Crippen LogP contribution in [0, 0.1) is 11.8 Å². The molecule has 0 amide bonds. The summed E-state index contributed by atoms with van der Waals surface area (Å²) < 4.78 is 10.5. The van der Waals surface area contributed by atoms with Gasteiger partial charge in [0.2, 0.25) is 0 Å². The Morgan fingerprint density at radius 2 is 2.00 bits per heavy atom. The van der Waals surface area contributed by atoms with Crippen molar-refractivity contribution < 1.29 is 24.2 Å². The standard InChI is InChI=1S/C12H18O5/c1-16-11(15)9-7-12(4-2-3-5-17-12)6-8(9)10(13)14/h8-9H,2-7H2,1H3,(H,13,14). The lowest BCUT2D eigenvalue weighted by Gasteiger charge is -2.33. The first-order chi connectivity index (χ1) is 8.08. The molecule has 1 saturated heterocycles. The van der Waals surface area contributed by atoms with Crippen LogP contribution < -0.4 is 0 Å². The van der Waals surface area contributed by atoms with E-state index in [1.54, 1.807) is 0 Å². The van der Waals surface area contributed by atoms with Gasteiger partial charge in [-0.15, -0.1) is 0 Å². The SMILES string of the molecule is COC(=O)C1CC2(CCCCO2)CC1C(=O)O. The molecule has 1 aliphatic heterocycles. The van der Waals surface area contributed by atoms with Crippen molar-refractivity contribution in [2.75, 3.05) is 13.7 Å². The average Bonchev–Trinajstić information content (AvgIpc) is 2.69. The summed E-state index contributed by atoms with van der Waals surface area (Å²) in [5.74, 6) is -2.58. The van der Waals surface area contributed by atoms with Crippen molar-refractivity contribution in [3.8, 4) is 0 Å². The maximum atomic E-state index is 11.6. The molecule has 5 nitrogen and oxygen atoms in total. The Bertz CT molecular complexity index is 319. The molecule has 0 bridgehead atoms. The molecule has 0 aromatic carbocycles. The third-order valence-corrected chi connectivity index (χ3v) is 3.93. The van der Waals surface area contributed by atoms with E-state index >= 15 is 0 Å². The molecule has 17 heavy (non-hydrogen) atoms. The van der Waals surface area contributed by atoms with Gasteiger partial charge in [0.1, 0.15) is 0 Å². The predicted octanol–water partition coefficient (Wildman–Crippen LogP) is 1.21. The quantitative estimate of drug-likeness (QED) is 0.737. The van der Waals surface area contributed by atoms with E-state index in [0.717, 1.165) is 19.3 Å². The number of esters is 1. The number of ether oxygens (including phenoxy) is 2. The Hall–Kier alpha value is -1.10. The van der Waals surface area contributed by atoms with Crippen LogP contribution in [0.3, 0.4) is 0 Å². The highest BCUT2D eigenvalue weighted by molar-refractivity contribution is 5.82. The number of aliphatic carboxylic acids is 1. The molecular formula is C12H18O5. The number of carbonyl (C=O) groups is 2. The van der Waals surface area contributed by atoms with Gasteiger partial charge in [-0.2, -0.15) is 0 Å². The molecule has 2 rings (SSSR count). The van der Waals surface area contributed by atoms with Crippen LogP contribution in [-0.4, -0.2) is 36.4 Å². The maximum Gasteiger partial charge on any atom is 0.309 e. The van der Waals surface area contributed by atoms with E-state index in [4.69, 9.17) is 9.47 Å². The normalized spacial score (nSPS) is 37.0. The van der Waals surface area contributed by atoms with Gasteiger partial charge in [0.05, 0.1) is 24.5 Å². The molecule has 1 saturated carbocycles. The number of carbonyl (C=O) groups excluding carboxylic acids is 1. The molecule has 2 aliphatic rings. The first-order valence-corrected chi connectivity index (χ1v) is 6.02. The van der Waals surface area contributed by atoms with Gasteiger partial charge >= 0.3 is 11.9 Å². The number of carboxylic acid groups (broad SMARTS) is 1. The molecule has 1 heterocycles. The Morgan fingerprint density at radius 1 is 1.29 bits per heavy atom. The fraction of sp³-hybridized carbons (Fsp3) is 0.833. The second-order valence-electron chi connectivity index (χ2n) is 4.97. The van der Waals surface area contributed by atoms with Crippen molar-refractivity contribution in [2.45, 2.75) is 37.7 Å². The van der Waals surface area contributed by atoms with Crippen LogP contribution in [0.1, 0.15) is 32.1 Å². The van der Waals surface area contributed by atoms with Crippen LogP contribution in [-0.2, 0) is 19.1 Å². The molecule has 0 radical (unpaired) electrons. The third-order valence-electron chi connectivity index (χ3n) is 3.93. The number of hydrogen-bond acceptors (Lipinski definition) is 4. The maximum absolute atomic E-state index is 11.6. The van der Waals surface area contributed by atoms with Crippen LogP contribution in [0.5, 0.6) is 0 Å². The van der Waals surface area contributed by atoms with E-state index in [9.17, 15) is 14.7 Å². The van der Waals surface area contributed by atoms with Crippen molar-refractivity contribution >= 4 is 11.9 Å². The summed E-state index contributed by atoms with van der Waals surface area (Å²) in [6.07, 6.45) is 3.83. The summed E-state index contributed by atoms with van der Waals surface area (Å²) in [6.45, 7) is 0.667. The average molecular weight is 242 g/mol. The van der Waals surface area contributed by atoms with Crippen molar-refractivity contribution in [1.82, 2.24) is 0 Å². The van der Waals surface area contributed by atoms with Crippen molar-refractivity contribution in [3.63, 3.8) is 0 Å². The highest BCUT2D eigenvalue weighted by Gasteiger charge is 2.52. The molecule has 0 aromatic heterocycles. The van der Waals surface area contributed by atoms with Gasteiger partial charge < -0.3 is 14.6 Å². The summed E-state index contributed by atoms with van der Waals surface area (Å²) in [5.41, 5.74) is -0.403. The molecule has 0 aromatic rings. The van der Waals surface area contributed by atoms with Gasteiger partial charge in [-0.25, -0.2) is 0 Å². The Balaban J connectivity index is 2.15. The van der Waals surface area contributed by atoms with Gasteiger partial charge in [-0.3, -0.25) is 9.59 Å². The van der Waals surface area contributed by atoms with Crippen LogP contribution in [0.4, 0.5) is 0 Å². The monoisotopic (exact) mass is 242 g/mol. The lowest BCUT2D eigenvalue weighted by molar-refractivity contribution is -0.154. The molecule has 2 fully saturated rings. The Labute approximate surface area is 100 Å². The van der Waals surface area contributed by atoms with Gasteiger partial charge in [-0.05, 0) is 32.1 Å². The van der Waals surface area contributed by atoms with Gasteiger partial charge in [-0.1, -0.05) is 0 Å². The first-order valence-electron chi connectivity index (χ1n) is 6.02. The van der Waals surface area contributed by atoms with Gasteiger partial charge in [0, 0.05) is 6.61 Å². The second-order valence-corrected chi connectivity index (χ2v) is 4.97. The highest BCUT2D eigenvalue weighted by atomic mass is 16.5. The van der Waals surface area contributed by atoms with Crippen molar-refractivity contribution in [2.24, 2.45) is 11.8 Å². The number of methoxy groups -OCH3 is 1. The molecular weight excluding hydrogens is 224 g/mol. The molecule has 3 unspecified atom stereocenters. The van der Waals surface area contributed by atoms with E-state index in [1.165, 1.54) is 7.11 Å². The van der Waals surface area contributed by atoms with Crippen molar-refractivity contribution in [3.05, 3.63) is 0 Å². The van der Waals surface area contributed by atoms with Gasteiger partial charge in [0.15, 0.2) is 0 Å². The summed E-state index contributed by atoms with van der Waals surface area (Å²) in [5, 5.41) is 9.18. The largest absolute Gasteiger partial charge is 0.481 e. The first kappa shape index (κ1) is 12.4. The fourth-order valence-electron chi connectivity index (χ4n) is 3.06. The summed E-state index contributed by atoms with van der Waals surface area (Å²) >= 11 is 0. The van der Waals surface area contributed by atoms with Crippen LogP contribution in [0.25, 0.3) is 0 Å². The topological polar surface area (TPSA) is 72.8 Å². The smallest absolute Gasteiger partial charge is 0.309 e. The highest BCUT2D eigenvalue weighted by Crippen LogP contribution is 2.46. The summed E-state index contributed by atoms with van der Waals surface area (Å²) in [7, 11) is 1.30. The molecule has 5 heteroatoms. The van der Waals surface area contributed by atoms with E-state index in [0.29, 0.717) is 19.4 Å². The summed E-state index contributed by atoms with van der Waals surface area (Å²) in [4.78, 5) is 22.8. The van der Waals surface area contributed by atoms with Gasteiger partial charge in [0.25, 0.3) is 0 Å². The van der Waals surface area contributed by atoms with Crippen LogP contribution in [0.2, 0.25) is 0 Å². The van der Waals surface area contributed by atoms with Crippen LogP contribution >= 0.6 is 0 Å². The zero-order valence-electron chi connectivity index (χ0n) is 9.98. The Morgan fingerprint density at radius 3 is 2.53 bits per heavy atom. The number of carboxylic acids is 1. The van der Waals surface area contributed by atoms with E-state index in [2.05, 4.69) is 0 Å². The number of rotatable bonds is 2. The minimum absolute atomic E-state index is 0.403. The lowest BCUT2D eigenvalue weighted by atomic mass is 9.91. The van der Waals surface area contributed by atoms with E-state index in [1.807, 2.05) is 0 Å². The zero-order chi connectivity index (χ0) is 12.5. The predicted molar refractivity (Wildman–Crippen MR) is 58.4 cm³/mol. The fourth-order valence-corrected chi connectivity index (χ4v) is 3.06. The molecule has 96 valence electrons. The molecule has 1 N–H and O–H groups in total. The molecule has 1 aliphatic carbocycles. The number of hydrogen-bond donors (Lipinski definition) is 1. The minimum Gasteiger partial charge on any atom is -0.481 e. The van der Waals surface area contributed by atoms with E-state index < -0.39 is 29.4 Å². The van der Waals surface area contributed by atoms with Crippen molar-refractivity contribution in [1.29, 1.82) is 0 Å². The van der Waals surface area contributed by atoms with Crippen LogP contribution in [0.15, 0.2) is 0 Å². The zero-order valence-corrected chi connectivity index (χ0v) is 9.98.